The number of carbonyl (C=O) groups is 3. The Balaban J connectivity index is 1.86. The standard InChI is InChI=1S/C30H30ClF3N2O3/c1-19(2)27(28(38)30(32,33)34)36-29(39)25(16-20-10-5-3-6-11-20)35-26(37)18-24(21-12-7-4-8-13-21)22-14-9-15-23(31)17-22/h3-15,17,19,24-25,27H,16,18H2,1-2H3,(H,35,37)(H,36,39). The highest BCUT2D eigenvalue weighted by Gasteiger charge is 2.45. The van der Waals surface area contributed by atoms with Crippen LogP contribution in [0, 0.1) is 5.92 Å². The first kappa shape index (κ1) is 29.9. The fraction of sp³-hybridized carbons (Fsp3) is 0.300. The smallest absolute Gasteiger partial charge is 0.344 e. The molecule has 0 spiro atoms. The number of ketones is 1. The largest absolute Gasteiger partial charge is 0.452 e. The van der Waals surface area contributed by atoms with Gasteiger partial charge in [0.15, 0.2) is 0 Å². The zero-order chi connectivity index (χ0) is 28.6. The third-order valence-corrected chi connectivity index (χ3v) is 6.54. The Morgan fingerprint density at radius 2 is 1.41 bits per heavy atom. The van der Waals surface area contributed by atoms with E-state index in [9.17, 15) is 27.6 Å². The maximum atomic E-state index is 13.3. The number of hydrogen-bond acceptors (Lipinski definition) is 3. The molecule has 9 heteroatoms. The molecule has 0 radical (unpaired) electrons. The summed E-state index contributed by atoms with van der Waals surface area (Å²) in [4.78, 5) is 38.6. The molecule has 3 atom stereocenters. The maximum Gasteiger partial charge on any atom is 0.452 e. The molecular weight excluding hydrogens is 529 g/mol. The average Bonchev–Trinajstić information content (AvgIpc) is 2.90. The quantitative estimate of drug-likeness (QED) is 0.309. The number of alkyl halides is 3. The normalized spacial score (nSPS) is 13.8. The van der Waals surface area contributed by atoms with Gasteiger partial charge >= 0.3 is 6.18 Å². The van der Waals surface area contributed by atoms with Gasteiger partial charge in [-0.1, -0.05) is 98.2 Å². The Kier molecular flexibility index (Phi) is 10.3. The minimum Gasteiger partial charge on any atom is -0.344 e. The van der Waals surface area contributed by atoms with Crippen molar-refractivity contribution in [3.8, 4) is 0 Å². The van der Waals surface area contributed by atoms with Gasteiger partial charge in [0.05, 0.1) is 6.04 Å². The van der Waals surface area contributed by atoms with Gasteiger partial charge in [-0.3, -0.25) is 14.4 Å². The minimum atomic E-state index is -5.11. The van der Waals surface area contributed by atoms with Crippen LogP contribution in [0.1, 0.15) is 42.9 Å². The monoisotopic (exact) mass is 558 g/mol. The summed E-state index contributed by atoms with van der Waals surface area (Å²) < 4.78 is 39.5. The van der Waals surface area contributed by atoms with Crippen LogP contribution in [-0.2, 0) is 20.8 Å². The van der Waals surface area contributed by atoms with Crippen molar-refractivity contribution in [1.29, 1.82) is 0 Å². The van der Waals surface area contributed by atoms with Crippen LogP contribution in [-0.4, -0.2) is 35.9 Å². The SMILES string of the molecule is CC(C)C(NC(=O)C(Cc1ccccc1)NC(=O)CC(c1ccccc1)c1cccc(Cl)c1)C(=O)C(F)(F)F. The van der Waals surface area contributed by atoms with E-state index in [-0.39, 0.29) is 18.8 Å². The molecule has 3 aromatic carbocycles. The summed E-state index contributed by atoms with van der Waals surface area (Å²) in [5, 5.41) is 5.43. The highest BCUT2D eigenvalue weighted by Crippen LogP contribution is 2.30. The fourth-order valence-electron chi connectivity index (χ4n) is 4.30. The van der Waals surface area contributed by atoms with Crippen molar-refractivity contribution >= 4 is 29.2 Å². The number of benzene rings is 3. The summed E-state index contributed by atoms with van der Waals surface area (Å²) in [6.45, 7) is 2.82. The molecule has 3 unspecified atom stereocenters. The van der Waals surface area contributed by atoms with Crippen molar-refractivity contribution in [2.45, 2.75) is 50.9 Å². The molecule has 0 fully saturated rings. The van der Waals surface area contributed by atoms with Crippen LogP contribution in [0.2, 0.25) is 5.02 Å². The molecule has 39 heavy (non-hydrogen) atoms. The van der Waals surface area contributed by atoms with Crippen LogP contribution < -0.4 is 10.6 Å². The van der Waals surface area contributed by atoms with Crippen molar-refractivity contribution in [3.63, 3.8) is 0 Å². The molecule has 0 heterocycles. The summed E-state index contributed by atoms with van der Waals surface area (Å²) in [5.41, 5.74) is 2.34. The molecule has 0 aromatic heterocycles. The number of hydrogen-bond donors (Lipinski definition) is 2. The Labute approximate surface area is 230 Å². The van der Waals surface area contributed by atoms with Crippen LogP contribution in [0.25, 0.3) is 0 Å². The molecule has 2 N–H and O–H groups in total. The third-order valence-electron chi connectivity index (χ3n) is 6.30. The second-order valence-corrected chi connectivity index (χ2v) is 10.1. The predicted molar refractivity (Wildman–Crippen MR) is 144 cm³/mol. The zero-order valence-corrected chi connectivity index (χ0v) is 22.3. The van der Waals surface area contributed by atoms with E-state index < -0.39 is 41.8 Å². The summed E-state index contributed by atoms with van der Waals surface area (Å²) in [6.07, 6.45) is -5.13. The van der Waals surface area contributed by atoms with Gasteiger partial charge in [0, 0.05) is 23.8 Å². The lowest BCUT2D eigenvalue weighted by Gasteiger charge is -2.26. The Morgan fingerprint density at radius 3 is 1.97 bits per heavy atom. The number of carbonyl (C=O) groups excluding carboxylic acids is 3. The van der Waals surface area contributed by atoms with Crippen LogP contribution in [0.3, 0.4) is 0 Å². The highest BCUT2D eigenvalue weighted by molar-refractivity contribution is 6.30. The van der Waals surface area contributed by atoms with Crippen molar-refractivity contribution in [2.75, 3.05) is 0 Å². The van der Waals surface area contributed by atoms with Gasteiger partial charge in [-0.05, 0) is 34.7 Å². The number of Topliss-reactive ketones (excluding diaryl/α,β-unsaturated/α-hetero) is 1. The molecule has 2 amide bonds. The van der Waals surface area contributed by atoms with E-state index in [0.717, 1.165) is 11.1 Å². The first-order valence-electron chi connectivity index (χ1n) is 12.5. The van der Waals surface area contributed by atoms with Gasteiger partial charge < -0.3 is 10.6 Å². The molecule has 0 saturated heterocycles. The van der Waals surface area contributed by atoms with E-state index >= 15 is 0 Å². The van der Waals surface area contributed by atoms with Crippen LogP contribution in [0.5, 0.6) is 0 Å². The molecule has 0 aliphatic carbocycles. The number of rotatable bonds is 11. The second-order valence-electron chi connectivity index (χ2n) is 9.62. The lowest BCUT2D eigenvalue weighted by molar-refractivity contribution is -0.175. The average molecular weight is 559 g/mol. The molecular formula is C30H30ClF3N2O3. The summed E-state index contributed by atoms with van der Waals surface area (Å²) >= 11 is 6.20. The zero-order valence-electron chi connectivity index (χ0n) is 21.5. The van der Waals surface area contributed by atoms with Crippen LogP contribution in [0.15, 0.2) is 84.9 Å². The first-order chi connectivity index (χ1) is 18.5. The number of halogens is 4. The van der Waals surface area contributed by atoms with Gasteiger partial charge in [0.2, 0.25) is 11.8 Å². The van der Waals surface area contributed by atoms with E-state index in [1.807, 2.05) is 36.4 Å². The molecule has 0 aliphatic rings. The molecule has 3 aromatic rings. The Morgan fingerprint density at radius 1 is 0.821 bits per heavy atom. The Hall–Kier alpha value is -3.65. The van der Waals surface area contributed by atoms with Crippen LogP contribution in [0.4, 0.5) is 13.2 Å². The summed E-state index contributed by atoms with van der Waals surface area (Å²) in [7, 11) is 0. The van der Waals surface area contributed by atoms with E-state index in [1.165, 1.54) is 13.8 Å². The van der Waals surface area contributed by atoms with Crippen molar-refractivity contribution < 1.29 is 27.6 Å². The molecule has 5 nitrogen and oxygen atoms in total. The first-order valence-corrected chi connectivity index (χ1v) is 12.9. The third kappa shape index (κ3) is 8.68. The molecule has 206 valence electrons. The van der Waals surface area contributed by atoms with Crippen molar-refractivity contribution in [1.82, 2.24) is 10.6 Å². The number of nitrogens with one attached hydrogen (secondary N) is 2. The minimum absolute atomic E-state index is 0.0244. The van der Waals surface area contributed by atoms with Gasteiger partial charge in [-0.15, -0.1) is 0 Å². The van der Waals surface area contributed by atoms with E-state index in [2.05, 4.69) is 10.6 Å². The highest BCUT2D eigenvalue weighted by atomic mass is 35.5. The lowest BCUT2D eigenvalue weighted by atomic mass is 9.88. The van der Waals surface area contributed by atoms with Gasteiger partial charge in [0.25, 0.3) is 5.78 Å². The second kappa shape index (κ2) is 13.4. The van der Waals surface area contributed by atoms with Gasteiger partial charge in [-0.25, -0.2) is 0 Å². The topological polar surface area (TPSA) is 75.3 Å². The molecule has 0 saturated carbocycles. The fourth-order valence-corrected chi connectivity index (χ4v) is 4.50. The number of amides is 2. The molecule has 0 aliphatic heterocycles. The van der Waals surface area contributed by atoms with Crippen molar-refractivity contribution in [2.24, 2.45) is 5.92 Å². The van der Waals surface area contributed by atoms with E-state index in [0.29, 0.717) is 10.6 Å². The van der Waals surface area contributed by atoms with Crippen molar-refractivity contribution in [3.05, 3.63) is 107 Å². The van der Waals surface area contributed by atoms with Gasteiger partial charge in [-0.2, -0.15) is 13.2 Å². The maximum absolute atomic E-state index is 13.3. The van der Waals surface area contributed by atoms with Gasteiger partial charge in [0.1, 0.15) is 6.04 Å². The van der Waals surface area contributed by atoms with Crippen LogP contribution >= 0.6 is 11.6 Å². The lowest BCUT2D eigenvalue weighted by Crippen LogP contribution is -2.56. The molecule has 0 bridgehead atoms. The predicted octanol–water partition coefficient (Wildman–Crippen LogP) is 5.86. The summed E-state index contributed by atoms with van der Waals surface area (Å²) in [6, 6.07) is 22.2. The molecule has 3 rings (SSSR count). The van der Waals surface area contributed by atoms with E-state index in [4.69, 9.17) is 11.6 Å². The Bertz CT molecular complexity index is 1270. The summed E-state index contributed by atoms with van der Waals surface area (Å²) in [5.74, 6) is -4.60. The van der Waals surface area contributed by atoms with E-state index in [1.54, 1.807) is 48.5 Å².